The highest BCUT2D eigenvalue weighted by Gasteiger charge is 2.07. The predicted octanol–water partition coefficient (Wildman–Crippen LogP) is 1.19. The number of azo groups is 1. The smallest absolute Gasteiger partial charge is 0.169 e. The lowest BCUT2D eigenvalue weighted by atomic mass is 10.2. The van der Waals surface area contributed by atoms with Crippen LogP contribution in [0.25, 0.3) is 5.70 Å². The van der Waals surface area contributed by atoms with Gasteiger partial charge in [-0.05, 0) is 0 Å². The Morgan fingerprint density at radius 1 is 1.36 bits per heavy atom. The summed E-state index contributed by atoms with van der Waals surface area (Å²) in [4.78, 5) is 0. The number of hydrogen-bond donors (Lipinski definition) is 2. The maximum Gasteiger partial charge on any atom is 0.169 e. The van der Waals surface area contributed by atoms with Gasteiger partial charge in [0.05, 0.1) is 11.9 Å². The molecule has 0 radical (unpaired) electrons. The molecule has 5 nitrogen and oxygen atoms in total. The van der Waals surface area contributed by atoms with Crippen molar-refractivity contribution >= 4 is 11.5 Å². The molecule has 5 heteroatoms. The Kier molecular flexibility index (Phi) is 1.15. The summed E-state index contributed by atoms with van der Waals surface area (Å²) in [5, 5.41) is 20.8. The average molecular weight is 147 g/mol. The maximum absolute atomic E-state index is 7.11. The summed E-state index contributed by atoms with van der Waals surface area (Å²) in [7, 11) is 0. The van der Waals surface area contributed by atoms with Gasteiger partial charge in [-0.15, -0.1) is 10.2 Å². The molecule has 2 N–H and O–H groups in total. The fourth-order valence-electron chi connectivity index (χ4n) is 0.827. The standard InChI is InChI=1S/C6H5N5/c7-6-1-5(10-11-6)4-2-8-9-3-4/h1-3,7H,(H,8,9). The lowest BCUT2D eigenvalue weighted by Gasteiger charge is -1.84. The lowest BCUT2D eigenvalue weighted by molar-refractivity contribution is 1.09. The number of rotatable bonds is 1. The molecule has 54 valence electrons. The van der Waals surface area contributed by atoms with Gasteiger partial charge in [0.15, 0.2) is 5.84 Å². The summed E-state index contributed by atoms with van der Waals surface area (Å²) in [5.74, 6) is 0.182. The molecule has 0 amide bonds. The van der Waals surface area contributed by atoms with E-state index in [9.17, 15) is 0 Å². The Morgan fingerprint density at radius 2 is 2.27 bits per heavy atom. The van der Waals surface area contributed by atoms with Gasteiger partial charge in [0, 0.05) is 17.8 Å². The number of aromatic nitrogens is 2. The largest absolute Gasteiger partial charge is 0.285 e. The molecule has 2 heterocycles. The van der Waals surface area contributed by atoms with Crippen LogP contribution in [0.4, 0.5) is 0 Å². The van der Waals surface area contributed by atoms with E-state index in [-0.39, 0.29) is 5.84 Å². The third-order valence-corrected chi connectivity index (χ3v) is 1.33. The van der Waals surface area contributed by atoms with Gasteiger partial charge in [-0.25, -0.2) is 0 Å². The number of hydrogen-bond acceptors (Lipinski definition) is 3. The molecule has 0 saturated heterocycles. The lowest BCUT2D eigenvalue weighted by Crippen LogP contribution is -1.76. The van der Waals surface area contributed by atoms with Gasteiger partial charge in [0.25, 0.3) is 0 Å². The minimum Gasteiger partial charge on any atom is -0.285 e. The zero-order valence-electron chi connectivity index (χ0n) is 5.57. The fraction of sp³-hybridized carbons (Fsp3) is 0. The van der Waals surface area contributed by atoms with E-state index in [2.05, 4.69) is 20.4 Å². The molecule has 1 aliphatic rings. The van der Waals surface area contributed by atoms with Crippen molar-refractivity contribution in [2.45, 2.75) is 0 Å². The monoisotopic (exact) mass is 147 g/mol. The Hall–Kier alpha value is -1.78. The molecular weight excluding hydrogens is 142 g/mol. The van der Waals surface area contributed by atoms with Gasteiger partial charge in [-0.1, -0.05) is 0 Å². The summed E-state index contributed by atoms with van der Waals surface area (Å²) in [5.41, 5.74) is 1.54. The molecule has 0 aromatic carbocycles. The van der Waals surface area contributed by atoms with Crippen molar-refractivity contribution < 1.29 is 0 Å². The molecule has 0 unspecified atom stereocenters. The molecule has 1 aliphatic heterocycles. The van der Waals surface area contributed by atoms with E-state index in [1.165, 1.54) is 0 Å². The first kappa shape index (κ1) is 5.96. The van der Waals surface area contributed by atoms with Crippen LogP contribution in [0.15, 0.2) is 28.7 Å². The molecule has 1 aromatic heterocycles. The second kappa shape index (κ2) is 2.12. The fourth-order valence-corrected chi connectivity index (χ4v) is 0.827. The molecule has 0 bridgehead atoms. The van der Waals surface area contributed by atoms with Crippen molar-refractivity contribution in [1.82, 2.24) is 10.2 Å². The minimum atomic E-state index is 0.182. The van der Waals surface area contributed by atoms with E-state index in [1.54, 1.807) is 18.5 Å². The average Bonchev–Trinajstić information content (AvgIpc) is 2.55. The van der Waals surface area contributed by atoms with Crippen molar-refractivity contribution in [3.63, 3.8) is 0 Å². The third kappa shape index (κ3) is 0.958. The van der Waals surface area contributed by atoms with Crippen LogP contribution in [0.5, 0.6) is 0 Å². The first-order valence-corrected chi connectivity index (χ1v) is 3.07. The van der Waals surface area contributed by atoms with Crippen molar-refractivity contribution in [2.24, 2.45) is 10.2 Å². The molecular formula is C6H5N5. The Morgan fingerprint density at radius 3 is 2.82 bits per heavy atom. The molecule has 0 saturated carbocycles. The summed E-state index contributed by atoms with van der Waals surface area (Å²) in [6.45, 7) is 0. The molecule has 0 spiro atoms. The van der Waals surface area contributed by atoms with Crippen LogP contribution in [-0.2, 0) is 0 Å². The summed E-state index contributed by atoms with van der Waals surface area (Å²) >= 11 is 0. The van der Waals surface area contributed by atoms with Gasteiger partial charge in [-0.3, -0.25) is 10.5 Å². The summed E-state index contributed by atoms with van der Waals surface area (Å²) in [6.07, 6.45) is 4.94. The number of amidine groups is 1. The van der Waals surface area contributed by atoms with Crippen molar-refractivity contribution in [3.05, 3.63) is 24.0 Å². The molecule has 2 rings (SSSR count). The number of H-pyrrole nitrogens is 1. The Labute approximate surface area is 62.4 Å². The second-order valence-electron chi connectivity index (χ2n) is 2.10. The van der Waals surface area contributed by atoms with Crippen LogP contribution in [0.1, 0.15) is 5.56 Å². The van der Waals surface area contributed by atoms with Crippen molar-refractivity contribution in [3.8, 4) is 0 Å². The van der Waals surface area contributed by atoms with Crippen LogP contribution >= 0.6 is 0 Å². The van der Waals surface area contributed by atoms with Crippen LogP contribution in [0.3, 0.4) is 0 Å². The topological polar surface area (TPSA) is 77.2 Å². The molecule has 0 aliphatic carbocycles. The van der Waals surface area contributed by atoms with E-state index in [4.69, 9.17) is 5.41 Å². The van der Waals surface area contributed by atoms with Gasteiger partial charge in [0.1, 0.15) is 0 Å². The summed E-state index contributed by atoms with van der Waals surface area (Å²) in [6, 6.07) is 0. The highest BCUT2D eigenvalue weighted by Crippen LogP contribution is 2.18. The van der Waals surface area contributed by atoms with E-state index in [0.717, 1.165) is 5.56 Å². The Balaban J connectivity index is 2.40. The number of aromatic amines is 1. The SMILES string of the molecule is N=C1C=C(c2cn[nH]c2)N=N1. The van der Waals surface area contributed by atoms with Gasteiger partial charge < -0.3 is 0 Å². The summed E-state index contributed by atoms with van der Waals surface area (Å²) < 4.78 is 0. The van der Waals surface area contributed by atoms with E-state index >= 15 is 0 Å². The van der Waals surface area contributed by atoms with Crippen molar-refractivity contribution in [1.29, 1.82) is 5.41 Å². The third-order valence-electron chi connectivity index (χ3n) is 1.33. The van der Waals surface area contributed by atoms with E-state index < -0.39 is 0 Å². The zero-order chi connectivity index (χ0) is 7.68. The quantitative estimate of drug-likeness (QED) is 0.615. The zero-order valence-corrected chi connectivity index (χ0v) is 5.57. The predicted molar refractivity (Wildman–Crippen MR) is 39.1 cm³/mol. The van der Waals surface area contributed by atoms with Gasteiger partial charge >= 0.3 is 0 Å². The van der Waals surface area contributed by atoms with Crippen LogP contribution in [-0.4, -0.2) is 16.0 Å². The molecule has 0 fully saturated rings. The van der Waals surface area contributed by atoms with Crippen LogP contribution in [0.2, 0.25) is 0 Å². The highest BCUT2D eigenvalue weighted by atomic mass is 15.2. The van der Waals surface area contributed by atoms with Crippen LogP contribution in [0, 0.1) is 5.41 Å². The van der Waals surface area contributed by atoms with E-state index in [0.29, 0.717) is 5.70 Å². The first-order chi connectivity index (χ1) is 5.36. The van der Waals surface area contributed by atoms with Crippen molar-refractivity contribution in [2.75, 3.05) is 0 Å². The second-order valence-corrected chi connectivity index (χ2v) is 2.10. The Bertz CT molecular complexity index is 332. The van der Waals surface area contributed by atoms with Gasteiger partial charge in [-0.2, -0.15) is 5.10 Å². The highest BCUT2D eigenvalue weighted by molar-refractivity contribution is 6.00. The first-order valence-electron chi connectivity index (χ1n) is 3.07. The van der Waals surface area contributed by atoms with E-state index in [1.807, 2.05) is 0 Å². The molecule has 11 heavy (non-hydrogen) atoms. The maximum atomic E-state index is 7.11. The normalized spacial score (nSPS) is 15.6. The van der Waals surface area contributed by atoms with Gasteiger partial charge in [0.2, 0.25) is 0 Å². The molecule has 1 aromatic rings. The number of nitrogens with one attached hydrogen (secondary N) is 2. The molecule has 0 atom stereocenters. The number of nitrogens with zero attached hydrogens (tertiary/aromatic N) is 3. The minimum absolute atomic E-state index is 0.182. The van der Waals surface area contributed by atoms with Crippen LogP contribution < -0.4 is 0 Å².